The second-order valence-electron chi connectivity index (χ2n) is 5.66. The Morgan fingerprint density at radius 2 is 1.91 bits per heavy atom. The maximum atomic E-state index is 12.4. The summed E-state index contributed by atoms with van der Waals surface area (Å²) in [5, 5.41) is 3.57. The van der Waals surface area contributed by atoms with Crippen LogP contribution in [0.1, 0.15) is 34.7 Å². The maximum Gasteiger partial charge on any atom is 0.270 e. The van der Waals surface area contributed by atoms with Gasteiger partial charge in [0.25, 0.3) is 5.91 Å². The lowest BCUT2D eigenvalue weighted by atomic mass is 10.2. The number of hydrogen-bond acceptors (Lipinski definition) is 4. The molecule has 1 aliphatic heterocycles. The van der Waals surface area contributed by atoms with E-state index in [1.54, 1.807) is 6.07 Å². The molecular weight excluding hydrogens is 312 g/mol. The molecule has 5 nitrogen and oxygen atoms in total. The van der Waals surface area contributed by atoms with E-state index in [4.69, 9.17) is 11.6 Å². The second kappa shape index (κ2) is 6.96. The van der Waals surface area contributed by atoms with E-state index in [1.165, 1.54) is 12.8 Å². The van der Waals surface area contributed by atoms with Crippen molar-refractivity contribution in [2.45, 2.75) is 26.3 Å². The zero-order valence-corrected chi connectivity index (χ0v) is 13.8. The molecule has 0 radical (unpaired) electrons. The van der Waals surface area contributed by atoms with Crippen LogP contribution >= 0.6 is 11.6 Å². The molecule has 1 saturated heterocycles. The Hall–Kier alpha value is -2.14. The number of aryl methyl sites for hydroxylation is 1. The first-order valence-electron chi connectivity index (χ1n) is 7.75. The number of aromatic nitrogens is 2. The summed E-state index contributed by atoms with van der Waals surface area (Å²) >= 11 is 5.86. The van der Waals surface area contributed by atoms with Crippen LogP contribution in [0.3, 0.4) is 0 Å². The van der Waals surface area contributed by atoms with E-state index in [-0.39, 0.29) is 5.91 Å². The van der Waals surface area contributed by atoms with Crippen molar-refractivity contribution in [3.8, 4) is 0 Å². The molecule has 0 aliphatic carbocycles. The van der Waals surface area contributed by atoms with Crippen molar-refractivity contribution < 1.29 is 4.79 Å². The van der Waals surface area contributed by atoms with Gasteiger partial charge in [0.1, 0.15) is 17.3 Å². The van der Waals surface area contributed by atoms with Gasteiger partial charge < -0.3 is 10.2 Å². The van der Waals surface area contributed by atoms with Crippen LogP contribution in [-0.4, -0.2) is 29.0 Å². The first-order valence-corrected chi connectivity index (χ1v) is 8.13. The summed E-state index contributed by atoms with van der Waals surface area (Å²) in [6.07, 6.45) is 2.34. The molecule has 6 heteroatoms. The fourth-order valence-electron chi connectivity index (χ4n) is 2.65. The van der Waals surface area contributed by atoms with E-state index in [0.29, 0.717) is 23.1 Å². The Kier molecular flexibility index (Phi) is 4.76. The van der Waals surface area contributed by atoms with Crippen LogP contribution in [0.15, 0.2) is 30.3 Å². The third kappa shape index (κ3) is 3.99. The topological polar surface area (TPSA) is 58.1 Å². The monoisotopic (exact) mass is 330 g/mol. The number of halogens is 1. The highest BCUT2D eigenvalue weighted by molar-refractivity contribution is 6.30. The van der Waals surface area contributed by atoms with Crippen LogP contribution < -0.4 is 10.2 Å². The average molecular weight is 331 g/mol. The van der Waals surface area contributed by atoms with Gasteiger partial charge in [0.05, 0.1) is 0 Å². The molecule has 1 aromatic carbocycles. The molecule has 2 heterocycles. The third-order valence-corrected chi connectivity index (χ3v) is 4.11. The van der Waals surface area contributed by atoms with Crippen molar-refractivity contribution in [2.24, 2.45) is 0 Å². The fourth-order valence-corrected chi connectivity index (χ4v) is 2.78. The molecule has 0 unspecified atom stereocenters. The average Bonchev–Trinajstić information content (AvgIpc) is 3.08. The van der Waals surface area contributed by atoms with E-state index in [0.717, 1.165) is 24.5 Å². The van der Waals surface area contributed by atoms with Crippen molar-refractivity contribution in [1.29, 1.82) is 0 Å². The largest absolute Gasteiger partial charge is 0.356 e. The van der Waals surface area contributed by atoms with Crippen LogP contribution in [0.25, 0.3) is 0 Å². The smallest absolute Gasteiger partial charge is 0.270 e. The standard InChI is InChI=1S/C17H19ClN4O/c1-12-20-15(10-16(21-12)22-8-2-3-9-22)17(23)19-11-13-4-6-14(18)7-5-13/h4-7,10H,2-3,8-9,11H2,1H3,(H,19,23). The Labute approximate surface area is 140 Å². The summed E-state index contributed by atoms with van der Waals surface area (Å²) in [6, 6.07) is 9.18. The quantitative estimate of drug-likeness (QED) is 0.936. The highest BCUT2D eigenvalue weighted by atomic mass is 35.5. The minimum Gasteiger partial charge on any atom is -0.356 e. The van der Waals surface area contributed by atoms with E-state index in [9.17, 15) is 4.79 Å². The molecule has 1 aromatic heterocycles. The molecule has 3 rings (SSSR count). The van der Waals surface area contributed by atoms with E-state index in [1.807, 2.05) is 31.2 Å². The number of anilines is 1. The molecular formula is C17H19ClN4O. The maximum absolute atomic E-state index is 12.4. The SMILES string of the molecule is Cc1nc(C(=O)NCc2ccc(Cl)cc2)cc(N2CCCC2)n1. The van der Waals surface area contributed by atoms with Crippen LogP contribution in [0.4, 0.5) is 5.82 Å². The lowest BCUT2D eigenvalue weighted by molar-refractivity contribution is 0.0945. The van der Waals surface area contributed by atoms with Gasteiger partial charge in [-0.25, -0.2) is 9.97 Å². The molecule has 23 heavy (non-hydrogen) atoms. The van der Waals surface area contributed by atoms with E-state index in [2.05, 4.69) is 20.2 Å². The Morgan fingerprint density at radius 3 is 2.61 bits per heavy atom. The number of hydrogen-bond donors (Lipinski definition) is 1. The predicted molar refractivity (Wildman–Crippen MR) is 90.8 cm³/mol. The lowest BCUT2D eigenvalue weighted by Gasteiger charge is -2.17. The molecule has 0 saturated carbocycles. The van der Waals surface area contributed by atoms with Crippen molar-refractivity contribution in [1.82, 2.24) is 15.3 Å². The van der Waals surface area contributed by atoms with Crippen molar-refractivity contribution in [2.75, 3.05) is 18.0 Å². The molecule has 1 fully saturated rings. The van der Waals surface area contributed by atoms with Gasteiger partial charge in [0, 0.05) is 30.7 Å². The first kappa shape index (κ1) is 15.7. The van der Waals surface area contributed by atoms with Gasteiger partial charge in [-0.2, -0.15) is 0 Å². The molecule has 0 bridgehead atoms. The molecule has 1 aliphatic rings. The highest BCUT2D eigenvalue weighted by Gasteiger charge is 2.17. The highest BCUT2D eigenvalue weighted by Crippen LogP contribution is 2.18. The van der Waals surface area contributed by atoms with Gasteiger partial charge in [0.15, 0.2) is 0 Å². The summed E-state index contributed by atoms with van der Waals surface area (Å²) in [5.41, 5.74) is 1.40. The Morgan fingerprint density at radius 1 is 1.22 bits per heavy atom. The van der Waals surface area contributed by atoms with Crippen LogP contribution in [0.5, 0.6) is 0 Å². The lowest BCUT2D eigenvalue weighted by Crippen LogP contribution is -2.26. The summed E-state index contributed by atoms with van der Waals surface area (Å²) in [6.45, 7) is 4.23. The number of rotatable bonds is 4. The van der Waals surface area contributed by atoms with Crippen molar-refractivity contribution in [3.63, 3.8) is 0 Å². The van der Waals surface area contributed by atoms with Gasteiger partial charge in [-0.15, -0.1) is 0 Å². The van der Waals surface area contributed by atoms with Crippen LogP contribution in [0.2, 0.25) is 5.02 Å². The minimum atomic E-state index is -0.189. The summed E-state index contributed by atoms with van der Waals surface area (Å²) in [5.74, 6) is 1.27. The second-order valence-corrected chi connectivity index (χ2v) is 6.10. The molecule has 0 spiro atoms. The number of nitrogens with zero attached hydrogens (tertiary/aromatic N) is 3. The normalized spacial score (nSPS) is 14.1. The molecule has 2 aromatic rings. The summed E-state index contributed by atoms with van der Waals surface area (Å²) < 4.78 is 0. The molecule has 1 N–H and O–H groups in total. The van der Waals surface area contributed by atoms with Crippen LogP contribution in [-0.2, 0) is 6.54 Å². The number of carbonyl (C=O) groups excluding carboxylic acids is 1. The van der Waals surface area contributed by atoms with Crippen LogP contribution in [0, 0.1) is 6.92 Å². The minimum absolute atomic E-state index is 0.189. The van der Waals surface area contributed by atoms with E-state index < -0.39 is 0 Å². The zero-order chi connectivity index (χ0) is 16.2. The molecule has 1 amide bonds. The van der Waals surface area contributed by atoms with Gasteiger partial charge >= 0.3 is 0 Å². The fraction of sp³-hybridized carbons (Fsp3) is 0.353. The van der Waals surface area contributed by atoms with Crippen molar-refractivity contribution in [3.05, 3.63) is 52.4 Å². The predicted octanol–water partition coefficient (Wildman–Crippen LogP) is 2.97. The molecule has 120 valence electrons. The summed E-state index contributed by atoms with van der Waals surface area (Å²) in [7, 11) is 0. The number of benzene rings is 1. The number of carbonyl (C=O) groups is 1. The zero-order valence-electron chi connectivity index (χ0n) is 13.1. The van der Waals surface area contributed by atoms with Gasteiger partial charge in [0.2, 0.25) is 0 Å². The Balaban J connectivity index is 1.70. The van der Waals surface area contributed by atoms with Gasteiger partial charge in [-0.3, -0.25) is 4.79 Å². The summed E-state index contributed by atoms with van der Waals surface area (Å²) in [4.78, 5) is 23.3. The van der Waals surface area contributed by atoms with Gasteiger partial charge in [-0.1, -0.05) is 23.7 Å². The number of nitrogens with one attached hydrogen (secondary N) is 1. The van der Waals surface area contributed by atoms with Crippen molar-refractivity contribution >= 4 is 23.3 Å². The first-order chi connectivity index (χ1) is 11.1. The number of amides is 1. The molecule has 0 atom stereocenters. The van der Waals surface area contributed by atoms with Gasteiger partial charge in [-0.05, 0) is 37.5 Å². The Bertz CT molecular complexity index is 696. The van der Waals surface area contributed by atoms with E-state index >= 15 is 0 Å². The third-order valence-electron chi connectivity index (χ3n) is 3.85.